The highest BCUT2D eigenvalue weighted by Gasteiger charge is 2.52. The van der Waals surface area contributed by atoms with Gasteiger partial charge < -0.3 is 9.16 Å². The second kappa shape index (κ2) is 11.8. The molecule has 2 heterocycles. The van der Waals surface area contributed by atoms with Crippen LogP contribution in [0, 0.1) is 0 Å². The van der Waals surface area contributed by atoms with Gasteiger partial charge >= 0.3 is 0 Å². The third kappa shape index (κ3) is 4.95. The van der Waals surface area contributed by atoms with Crippen LogP contribution in [0.2, 0.25) is 16.6 Å². The predicted octanol–water partition coefficient (Wildman–Crippen LogP) is 10.5. The van der Waals surface area contributed by atoms with Crippen molar-refractivity contribution >= 4 is 20.1 Å². The lowest BCUT2D eigenvalue weighted by molar-refractivity contribution is 0.0607. The Morgan fingerprint density at radius 3 is 1.94 bits per heavy atom. The Hall–Kier alpha value is -4.16. The number of ether oxygens (including phenoxy) is 1. The smallest absolute Gasteiger partial charge is 0.262 e. The third-order valence-electron chi connectivity index (χ3n) is 10.9. The molecular formula is C41H45NO4Si. The molecule has 5 nitrogen and oxygen atoms in total. The van der Waals surface area contributed by atoms with E-state index in [0.717, 1.165) is 70.6 Å². The van der Waals surface area contributed by atoms with Crippen LogP contribution in [0.3, 0.4) is 0 Å². The van der Waals surface area contributed by atoms with E-state index in [0.29, 0.717) is 27.8 Å². The first-order chi connectivity index (χ1) is 22.6. The van der Waals surface area contributed by atoms with Crippen LogP contribution in [-0.2, 0) is 12.1 Å². The highest BCUT2D eigenvalue weighted by Crippen LogP contribution is 2.57. The number of fused-ring (bicyclic) bond motifs is 6. The number of carbonyl (C=O) groups is 2. The fraction of sp³-hybridized carbons (Fsp3) is 0.366. The lowest BCUT2D eigenvalue weighted by atomic mass is 9.76. The molecular weight excluding hydrogens is 599 g/mol. The van der Waals surface area contributed by atoms with Gasteiger partial charge in [0.1, 0.15) is 17.1 Å². The Kier molecular flexibility index (Phi) is 7.90. The zero-order chi connectivity index (χ0) is 33.1. The summed E-state index contributed by atoms with van der Waals surface area (Å²) in [6, 6.07) is 28.2. The summed E-state index contributed by atoms with van der Waals surface area (Å²) in [5, 5.41) is 0. The molecule has 1 fully saturated rings. The first kappa shape index (κ1) is 31.4. The highest BCUT2D eigenvalue weighted by atomic mass is 28.4. The molecule has 2 aliphatic heterocycles. The number of nitrogens with zero attached hydrogens (tertiary/aromatic N) is 1. The van der Waals surface area contributed by atoms with Crippen LogP contribution >= 0.6 is 0 Å². The van der Waals surface area contributed by atoms with E-state index >= 15 is 0 Å². The van der Waals surface area contributed by atoms with Gasteiger partial charge in [-0.05, 0) is 82.8 Å². The number of carbonyl (C=O) groups excluding carboxylic acids is 2. The molecule has 6 heteroatoms. The van der Waals surface area contributed by atoms with Crippen LogP contribution in [0.5, 0.6) is 11.5 Å². The van der Waals surface area contributed by atoms with Gasteiger partial charge in [-0.15, -0.1) is 0 Å². The molecule has 4 aromatic rings. The van der Waals surface area contributed by atoms with Crippen LogP contribution in [0.4, 0.5) is 0 Å². The summed E-state index contributed by atoms with van der Waals surface area (Å²) in [4.78, 5) is 30.3. The number of hydrogen-bond donors (Lipinski definition) is 0. The number of amides is 2. The van der Waals surface area contributed by atoms with Gasteiger partial charge in [0.25, 0.3) is 20.1 Å². The molecule has 1 saturated carbocycles. The summed E-state index contributed by atoms with van der Waals surface area (Å²) in [5.74, 6) is 1.18. The van der Waals surface area contributed by atoms with Gasteiger partial charge in [0.15, 0.2) is 0 Å². The summed E-state index contributed by atoms with van der Waals surface area (Å²) in [5.41, 5.74) is 7.11. The van der Waals surface area contributed by atoms with Gasteiger partial charge in [-0.2, -0.15) is 0 Å². The van der Waals surface area contributed by atoms with Crippen molar-refractivity contribution < 1.29 is 18.8 Å². The molecule has 1 spiro atoms. The lowest BCUT2D eigenvalue weighted by Gasteiger charge is -2.43. The van der Waals surface area contributed by atoms with Crippen molar-refractivity contribution in [3.05, 3.63) is 107 Å². The normalized spacial score (nSPS) is 16.6. The van der Waals surface area contributed by atoms with Gasteiger partial charge in [-0.25, -0.2) is 0 Å². The van der Waals surface area contributed by atoms with E-state index in [-0.39, 0.29) is 18.4 Å². The fourth-order valence-electron chi connectivity index (χ4n) is 8.91. The Morgan fingerprint density at radius 2 is 1.32 bits per heavy atom. The fourth-order valence-corrected chi connectivity index (χ4v) is 14.2. The standard InChI is InChI=1S/C41H45NO4Si/c1-26(2)47(27(3)4,28(5)6)46-31-19-20-32-34-24-33(30-17-11-8-12-18-30)36-37(38(34)41(21-13-14-22-41)45-35(32)23-31)40(44)42(39(36)43)25-29-15-9-7-10-16-29/h7-12,15-20,23-24,26-28H,13-14,21-22,25H2,1-6H3. The quantitative estimate of drug-likeness (QED) is 0.142. The average molecular weight is 644 g/mol. The molecule has 2 amide bonds. The largest absolute Gasteiger partial charge is 0.543 e. The molecule has 242 valence electrons. The maximum atomic E-state index is 14.6. The molecule has 0 radical (unpaired) electrons. The summed E-state index contributed by atoms with van der Waals surface area (Å²) in [6.45, 7) is 14.0. The summed E-state index contributed by atoms with van der Waals surface area (Å²) >= 11 is 0. The van der Waals surface area contributed by atoms with E-state index in [1.165, 1.54) is 4.90 Å². The Bertz CT molecular complexity index is 1820. The predicted molar refractivity (Wildman–Crippen MR) is 190 cm³/mol. The number of benzene rings is 4. The van der Waals surface area contributed by atoms with Gasteiger partial charge in [0.2, 0.25) is 0 Å². The Morgan fingerprint density at radius 1 is 0.723 bits per heavy atom. The minimum absolute atomic E-state index is 0.231. The van der Waals surface area contributed by atoms with E-state index in [4.69, 9.17) is 9.16 Å². The van der Waals surface area contributed by atoms with E-state index in [9.17, 15) is 9.59 Å². The Labute approximate surface area is 280 Å². The van der Waals surface area contributed by atoms with Crippen LogP contribution in [0.1, 0.15) is 99.1 Å². The van der Waals surface area contributed by atoms with Gasteiger partial charge in [0, 0.05) is 17.2 Å². The maximum Gasteiger partial charge on any atom is 0.262 e. The first-order valence-corrected chi connectivity index (χ1v) is 19.4. The van der Waals surface area contributed by atoms with Crippen molar-refractivity contribution in [1.29, 1.82) is 0 Å². The van der Waals surface area contributed by atoms with Crippen LogP contribution in [0.15, 0.2) is 84.9 Å². The van der Waals surface area contributed by atoms with Gasteiger partial charge in [0.05, 0.1) is 17.7 Å². The minimum Gasteiger partial charge on any atom is -0.543 e. The number of rotatable bonds is 8. The van der Waals surface area contributed by atoms with Crippen molar-refractivity contribution in [2.75, 3.05) is 0 Å². The van der Waals surface area contributed by atoms with Crippen LogP contribution < -0.4 is 9.16 Å². The zero-order valence-electron chi connectivity index (χ0n) is 28.4. The SMILES string of the molecule is CC(C)[Si](Oc1ccc2c(c1)OC1(CCCC1)c1c-2cc(-c2ccccc2)c2c1C(=O)N(Cc1ccccc1)C2=O)(C(C)C)C(C)C. The van der Waals surface area contributed by atoms with Crippen molar-refractivity contribution in [1.82, 2.24) is 4.90 Å². The summed E-state index contributed by atoms with van der Waals surface area (Å²) < 4.78 is 14.2. The van der Waals surface area contributed by atoms with E-state index in [1.54, 1.807) is 0 Å². The van der Waals surface area contributed by atoms with Gasteiger partial charge in [-0.1, -0.05) is 102 Å². The monoisotopic (exact) mass is 643 g/mol. The molecule has 3 aliphatic rings. The van der Waals surface area contributed by atoms with Crippen LogP contribution in [0.25, 0.3) is 22.3 Å². The molecule has 0 unspecified atom stereocenters. The molecule has 0 aromatic heterocycles. The van der Waals surface area contributed by atoms with E-state index < -0.39 is 13.9 Å². The lowest BCUT2D eigenvalue weighted by Crippen LogP contribution is -2.50. The maximum absolute atomic E-state index is 14.6. The summed E-state index contributed by atoms with van der Waals surface area (Å²) in [7, 11) is -2.19. The number of imide groups is 1. The first-order valence-electron chi connectivity index (χ1n) is 17.3. The molecule has 0 atom stereocenters. The zero-order valence-corrected chi connectivity index (χ0v) is 29.4. The molecule has 1 aliphatic carbocycles. The van der Waals surface area contributed by atoms with Crippen molar-refractivity contribution in [3.8, 4) is 33.8 Å². The van der Waals surface area contributed by atoms with Crippen LogP contribution in [-0.4, -0.2) is 25.0 Å². The molecule has 47 heavy (non-hydrogen) atoms. The summed E-state index contributed by atoms with van der Waals surface area (Å²) in [6.07, 6.45) is 3.59. The van der Waals surface area contributed by atoms with Gasteiger partial charge in [-0.3, -0.25) is 14.5 Å². The molecule has 0 N–H and O–H groups in total. The van der Waals surface area contributed by atoms with Crippen molar-refractivity contribution in [3.63, 3.8) is 0 Å². The number of hydrogen-bond acceptors (Lipinski definition) is 4. The second-order valence-electron chi connectivity index (χ2n) is 14.5. The molecule has 4 aromatic carbocycles. The van der Waals surface area contributed by atoms with E-state index in [2.05, 4.69) is 65.8 Å². The molecule has 0 saturated heterocycles. The van der Waals surface area contributed by atoms with Crippen molar-refractivity contribution in [2.24, 2.45) is 0 Å². The third-order valence-corrected chi connectivity index (χ3v) is 16.9. The average Bonchev–Trinajstić information content (AvgIpc) is 3.62. The highest BCUT2D eigenvalue weighted by molar-refractivity contribution is 6.78. The Balaban J connectivity index is 1.43. The molecule has 7 rings (SSSR count). The minimum atomic E-state index is -2.19. The second-order valence-corrected chi connectivity index (χ2v) is 19.9. The topological polar surface area (TPSA) is 55.8 Å². The van der Waals surface area contributed by atoms with E-state index in [1.807, 2.05) is 60.7 Å². The molecule has 0 bridgehead atoms. The van der Waals surface area contributed by atoms with Crippen molar-refractivity contribution in [2.45, 2.75) is 96.0 Å².